The molecule has 0 aliphatic heterocycles. The van der Waals surface area contributed by atoms with Crippen molar-refractivity contribution in [3.05, 3.63) is 23.8 Å². The molecule has 134 valence electrons. The van der Waals surface area contributed by atoms with Crippen molar-refractivity contribution in [2.75, 3.05) is 0 Å². The average molecular weight is 350 g/mol. The van der Waals surface area contributed by atoms with Crippen LogP contribution in [0.4, 0.5) is 22.4 Å². The lowest BCUT2D eigenvalue weighted by Crippen LogP contribution is -2.50. The van der Waals surface area contributed by atoms with Crippen molar-refractivity contribution in [3.63, 3.8) is 0 Å². The molecule has 0 radical (unpaired) electrons. The molecule has 24 heavy (non-hydrogen) atoms. The largest absolute Gasteiger partial charge is 0.485 e. The van der Waals surface area contributed by atoms with E-state index < -0.39 is 35.6 Å². The van der Waals surface area contributed by atoms with Gasteiger partial charge >= 0.3 is 12.3 Å². The first-order valence-electron chi connectivity index (χ1n) is 7.34. The van der Waals surface area contributed by atoms with Gasteiger partial charge in [0.1, 0.15) is 17.4 Å². The number of nitrogens with one attached hydrogen (secondary N) is 1. The van der Waals surface area contributed by atoms with E-state index in [0.29, 0.717) is 18.9 Å². The molecular weight excluding hydrogens is 332 g/mol. The maximum absolute atomic E-state index is 13.6. The van der Waals surface area contributed by atoms with Gasteiger partial charge in [0.15, 0.2) is 5.75 Å². The minimum absolute atomic E-state index is 0.185. The number of amides is 1. The van der Waals surface area contributed by atoms with Crippen molar-refractivity contribution >= 4 is 6.09 Å². The molecular formula is C15H18F4N2O3. The summed E-state index contributed by atoms with van der Waals surface area (Å²) >= 11 is 0. The Balaban J connectivity index is 1.82. The Morgan fingerprint density at radius 1 is 1.25 bits per heavy atom. The molecule has 1 fully saturated rings. The minimum Gasteiger partial charge on any atom is -0.485 e. The van der Waals surface area contributed by atoms with Crippen molar-refractivity contribution in [2.24, 2.45) is 0 Å². The molecule has 1 saturated carbocycles. The lowest BCUT2D eigenvalue weighted by atomic mass is 9.89. The summed E-state index contributed by atoms with van der Waals surface area (Å²) in [5.74, 6) is -1.66. The number of pyridine rings is 1. The molecule has 0 saturated heterocycles. The van der Waals surface area contributed by atoms with Crippen LogP contribution in [0.1, 0.15) is 39.3 Å². The summed E-state index contributed by atoms with van der Waals surface area (Å²) in [6.07, 6.45) is -4.87. The van der Waals surface area contributed by atoms with Gasteiger partial charge < -0.3 is 14.8 Å². The van der Waals surface area contributed by atoms with Crippen LogP contribution in [0.25, 0.3) is 0 Å². The minimum atomic E-state index is -4.71. The quantitative estimate of drug-likeness (QED) is 0.667. The first-order chi connectivity index (χ1) is 10.9. The number of hydrogen-bond acceptors (Lipinski definition) is 4. The van der Waals surface area contributed by atoms with Crippen LogP contribution in [0.2, 0.25) is 0 Å². The Morgan fingerprint density at radius 2 is 1.88 bits per heavy atom. The topological polar surface area (TPSA) is 60.5 Å². The third-order valence-corrected chi connectivity index (χ3v) is 3.21. The summed E-state index contributed by atoms with van der Waals surface area (Å²) in [5, 5.41) is 2.63. The molecule has 1 aliphatic rings. The fourth-order valence-electron chi connectivity index (χ4n) is 2.10. The van der Waals surface area contributed by atoms with Crippen LogP contribution in [-0.4, -0.2) is 28.8 Å². The van der Waals surface area contributed by atoms with Crippen LogP contribution in [0.15, 0.2) is 12.1 Å². The number of ether oxygens (including phenoxy) is 2. The number of carbonyl (C=O) groups excluding carboxylic acids is 1. The molecule has 1 aliphatic carbocycles. The SMILES string of the molecule is CC(C)(C)OC(=O)NC1CC(Oc2ccc(C(F)(F)F)nc2F)C1. The number of hydrogen-bond donors (Lipinski definition) is 1. The lowest BCUT2D eigenvalue weighted by molar-refractivity contribution is -0.141. The van der Waals surface area contributed by atoms with E-state index >= 15 is 0 Å². The molecule has 0 unspecified atom stereocenters. The summed E-state index contributed by atoms with van der Waals surface area (Å²) in [4.78, 5) is 14.4. The van der Waals surface area contributed by atoms with Crippen molar-refractivity contribution in [1.29, 1.82) is 0 Å². The van der Waals surface area contributed by atoms with Crippen LogP contribution in [0.3, 0.4) is 0 Å². The molecule has 9 heteroatoms. The van der Waals surface area contributed by atoms with Gasteiger partial charge in [-0.25, -0.2) is 9.78 Å². The molecule has 1 N–H and O–H groups in total. The highest BCUT2D eigenvalue weighted by Crippen LogP contribution is 2.31. The van der Waals surface area contributed by atoms with Crippen molar-refractivity contribution in [3.8, 4) is 5.75 Å². The Labute approximate surface area is 136 Å². The van der Waals surface area contributed by atoms with Crippen LogP contribution < -0.4 is 10.1 Å². The predicted molar refractivity (Wildman–Crippen MR) is 76.0 cm³/mol. The number of rotatable bonds is 3. The first-order valence-corrected chi connectivity index (χ1v) is 7.34. The highest BCUT2D eigenvalue weighted by Gasteiger charge is 2.36. The van der Waals surface area contributed by atoms with Crippen LogP contribution >= 0.6 is 0 Å². The molecule has 1 aromatic rings. The van der Waals surface area contributed by atoms with Gasteiger partial charge in [0.05, 0.1) is 0 Å². The molecule has 2 rings (SSSR count). The van der Waals surface area contributed by atoms with E-state index in [1.165, 1.54) is 0 Å². The second kappa shape index (κ2) is 6.45. The van der Waals surface area contributed by atoms with E-state index in [-0.39, 0.29) is 11.8 Å². The maximum atomic E-state index is 13.6. The third kappa shape index (κ3) is 4.97. The van der Waals surface area contributed by atoms with Gasteiger partial charge in [0.2, 0.25) is 0 Å². The van der Waals surface area contributed by atoms with E-state index in [9.17, 15) is 22.4 Å². The van der Waals surface area contributed by atoms with Crippen LogP contribution in [0, 0.1) is 5.95 Å². The lowest BCUT2D eigenvalue weighted by Gasteiger charge is -2.36. The fraction of sp³-hybridized carbons (Fsp3) is 0.600. The predicted octanol–water partition coefficient (Wildman–Crippen LogP) is 3.67. The summed E-state index contributed by atoms with van der Waals surface area (Å²) < 4.78 is 61.1. The molecule has 0 aromatic carbocycles. The van der Waals surface area contributed by atoms with Crippen molar-refractivity contribution in [2.45, 2.75) is 57.5 Å². The zero-order valence-electron chi connectivity index (χ0n) is 13.4. The molecule has 1 aromatic heterocycles. The number of alkyl carbamates (subject to hydrolysis) is 1. The zero-order chi connectivity index (χ0) is 18.1. The van der Waals surface area contributed by atoms with Gasteiger partial charge in [-0.1, -0.05) is 0 Å². The molecule has 0 spiro atoms. The number of halogens is 4. The van der Waals surface area contributed by atoms with Gasteiger partial charge in [0, 0.05) is 18.9 Å². The fourth-order valence-corrected chi connectivity index (χ4v) is 2.10. The number of nitrogens with zero attached hydrogens (tertiary/aromatic N) is 1. The number of aromatic nitrogens is 1. The smallest absolute Gasteiger partial charge is 0.433 e. The van der Waals surface area contributed by atoms with Gasteiger partial charge in [-0.3, -0.25) is 0 Å². The second-order valence-electron chi connectivity index (χ2n) is 6.54. The van der Waals surface area contributed by atoms with E-state index in [1.54, 1.807) is 20.8 Å². The van der Waals surface area contributed by atoms with Crippen molar-refractivity contribution < 1.29 is 31.8 Å². The Hall–Kier alpha value is -2.06. The number of alkyl halides is 3. The average Bonchev–Trinajstić information content (AvgIpc) is 2.34. The Kier molecular flexibility index (Phi) is 4.91. The molecule has 1 heterocycles. The first kappa shape index (κ1) is 18.3. The van der Waals surface area contributed by atoms with Gasteiger partial charge in [-0.05, 0) is 32.9 Å². The highest BCUT2D eigenvalue weighted by atomic mass is 19.4. The van der Waals surface area contributed by atoms with Crippen LogP contribution in [-0.2, 0) is 10.9 Å². The van der Waals surface area contributed by atoms with E-state index in [4.69, 9.17) is 9.47 Å². The maximum Gasteiger partial charge on any atom is 0.433 e. The highest BCUT2D eigenvalue weighted by molar-refractivity contribution is 5.68. The Morgan fingerprint density at radius 3 is 2.38 bits per heavy atom. The molecule has 1 amide bonds. The van der Waals surface area contributed by atoms with Crippen LogP contribution in [0.5, 0.6) is 5.75 Å². The summed E-state index contributed by atoms with van der Waals surface area (Å²) in [5.41, 5.74) is -1.93. The molecule has 0 atom stereocenters. The molecule has 0 bridgehead atoms. The third-order valence-electron chi connectivity index (χ3n) is 3.21. The standard InChI is InChI=1S/C15H18F4N2O3/c1-14(2,3)24-13(22)20-8-6-9(7-8)23-10-4-5-11(15(17,18)19)21-12(10)16/h4-5,8-9H,6-7H2,1-3H3,(H,20,22). The Bertz CT molecular complexity index is 608. The van der Waals surface area contributed by atoms with E-state index in [2.05, 4.69) is 10.3 Å². The normalized spacial score (nSPS) is 21.0. The van der Waals surface area contributed by atoms with E-state index in [0.717, 1.165) is 6.07 Å². The second-order valence-corrected chi connectivity index (χ2v) is 6.54. The van der Waals surface area contributed by atoms with Gasteiger partial charge in [-0.2, -0.15) is 17.6 Å². The summed E-state index contributed by atoms with van der Waals surface area (Å²) in [6, 6.07) is 1.38. The summed E-state index contributed by atoms with van der Waals surface area (Å²) in [7, 11) is 0. The molecule has 5 nitrogen and oxygen atoms in total. The van der Waals surface area contributed by atoms with Gasteiger partial charge in [0.25, 0.3) is 5.95 Å². The van der Waals surface area contributed by atoms with Crippen molar-refractivity contribution in [1.82, 2.24) is 10.3 Å². The summed E-state index contributed by atoms with van der Waals surface area (Å²) in [6.45, 7) is 5.21. The van der Waals surface area contributed by atoms with E-state index in [1.807, 2.05) is 0 Å². The van der Waals surface area contributed by atoms with Gasteiger partial charge in [-0.15, -0.1) is 0 Å². The number of carbonyl (C=O) groups is 1. The monoisotopic (exact) mass is 350 g/mol. The zero-order valence-corrected chi connectivity index (χ0v) is 13.4.